The summed E-state index contributed by atoms with van der Waals surface area (Å²) < 4.78 is 75.3. The number of nitrogens with zero attached hydrogens (tertiary/aromatic N) is 4. The van der Waals surface area contributed by atoms with Crippen molar-refractivity contribution < 1.29 is 50.9 Å². The summed E-state index contributed by atoms with van der Waals surface area (Å²) in [7, 11) is 2.44. The van der Waals surface area contributed by atoms with Gasteiger partial charge in [0.2, 0.25) is 0 Å². The SMILES string of the molecule is COc1cc2ncnc(Nc3cc(Br)ccc3OC)c2cc1NC(=O)C(F)=CCO[PH](=O)OCC=C(F)C(=O)Nc1cc2c(Nc3cc(Br)ccc3OC)ncnc2cc1OC. The van der Waals surface area contributed by atoms with Crippen molar-refractivity contribution in [3.63, 3.8) is 0 Å². The maximum atomic E-state index is 14.9. The van der Waals surface area contributed by atoms with Gasteiger partial charge in [0.15, 0.2) is 11.7 Å². The molecule has 0 aliphatic heterocycles. The second kappa shape index (κ2) is 21.0. The molecule has 0 aliphatic rings. The molecule has 2 amide bonds. The molecule has 0 spiro atoms. The first kappa shape index (κ1) is 45.3. The number of aromatic nitrogens is 4. The largest absolute Gasteiger partial charge is 0.495 e. The topological polar surface area (TPSA) is 206 Å². The van der Waals surface area contributed by atoms with Crippen molar-refractivity contribution in [1.82, 2.24) is 19.9 Å². The van der Waals surface area contributed by atoms with E-state index in [1.807, 2.05) is 12.1 Å². The van der Waals surface area contributed by atoms with E-state index in [0.29, 0.717) is 56.3 Å². The number of nitrogens with one attached hydrogen (secondary N) is 4. The summed E-state index contributed by atoms with van der Waals surface area (Å²) in [6.45, 7) is -1.29. The molecule has 0 saturated heterocycles. The predicted octanol–water partition coefficient (Wildman–Crippen LogP) is 9.33. The fourth-order valence-corrected chi connectivity index (χ4v) is 6.91. The monoisotopic (exact) mass is 998 g/mol. The molecule has 0 bridgehead atoms. The molecule has 0 aliphatic carbocycles. The van der Waals surface area contributed by atoms with Crippen molar-refractivity contribution in [1.29, 1.82) is 0 Å². The number of carbonyl (C=O) groups is 2. The molecule has 2 aromatic heterocycles. The molecule has 322 valence electrons. The Bertz CT molecular complexity index is 2570. The number of anilines is 6. The quantitative estimate of drug-likeness (QED) is 0.0468. The Labute approximate surface area is 369 Å². The Morgan fingerprint density at radius 2 is 1.00 bits per heavy atom. The molecule has 4 aromatic carbocycles. The summed E-state index contributed by atoms with van der Waals surface area (Å²) in [6, 6.07) is 16.8. The summed E-state index contributed by atoms with van der Waals surface area (Å²) in [6.07, 6.45) is 4.14. The van der Waals surface area contributed by atoms with Gasteiger partial charge in [-0.25, -0.2) is 28.7 Å². The number of amides is 2. The number of rotatable bonds is 18. The van der Waals surface area contributed by atoms with E-state index in [1.165, 1.54) is 53.2 Å². The van der Waals surface area contributed by atoms with E-state index in [4.69, 9.17) is 28.0 Å². The lowest BCUT2D eigenvalue weighted by atomic mass is 10.1. The van der Waals surface area contributed by atoms with Gasteiger partial charge in [-0.15, -0.1) is 0 Å². The summed E-state index contributed by atoms with van der Waals surface area (Å²) >= 11 is 6.86. The van der Waals surface area contributed by atoms with E-state index < -0.39 is 44.9 Å². The average molecular weight is 1000 g/mol. The molecule has 6 aromatic rings. The highest BCUT2D eigenvalue weighted by Gasteiger charge is 2.19. The Morgan fingerprint density at radius 1 is 0.597 bits per heavy atom. The van der Waals surface area contributed by atoms with Crippen LogP contribution in [0.2, 0.25) is 0 Å². The van der Waals surface area contributed by atoms with Gasteiger partial charge < -0.3 is 49.3 Å². The van der Waals surface area contributed by atoms with E-state index in [9.17, 15) is 22.9 Å². The lowest BCUT2D eigenvalue weighted by Crippen LogP contribution is -2.13. The van der Waals surface area contributed by atoms with Gasteiger partial charge in [-0.1, -0.05) is 31.9 Å². The first-order valence-corrected chi connectivity index (χ1v) is 20.7. The van der Waals surface area contributed by atoms with E-state index >= 15 is 0 Å². The van der Waals surface area contributed by atoms with Crippen LogP contribution in [0.25, 0.3) is 21.8 Å². The van der Waals surface area contributed by atoms with Crippen molar-refractivity contribution in [3.05, 3.63) is 106 Å². The second-order valence-corrected chi connectivity index (χ2v) is 15.3. The van der Waals surface area contributed by atoms with Crippen LogP contribution in [0.4, 0.5) is 43.2 Å². The molecular weight excluding hydrogens is 965 g/mol. The number of ether oxygens (including phenoxy) is 4. The third-order valence-corrected chi connectivity index (χ3v) is 10.4. The van der Waals surface area contributed by atoms with E-state index in [2.05, 4.69) is 73.1 Å². The van der Waals surface area contributed by atoms with Crippen LogP contribution in [0.15, 0.2) is 106 Å². The Morgan fingerprint density at radius 3 is 1.39 bits per heavy atom. The standard InChI is InChI=1S/C40H35Br2F2N8O9P/c1-56-33-7-5-21(41)13-29(33)49-37-23-15-31(35(58-3)17-27(23)45-19-47-37)51-39(53)25(43)9-11-60-62(55)61-12-10-26(44)40(54)52-32-16-24-28(18-36(32)59-4)46-20-48-38(24)50-30-14-22(42)6-8-34(30)57-2/h5-10,13-20,62H,11-12H2,1-4H3,(H,51,53)(H,52,54)(H,45,47,49)(H,46,48,50). The molecule has 62 heavy (non-hydrogen) atoms. The fourth-order valence-electron chi connectivity index (χ4n) is 5.67. The molecule has 2 heterocycles. The normalized spacial score (nSPS) is 12.1. The Kier molecular flexibility index (Phi) is 15.4. The molecule has 4 N–H and O–H groups in total. The van der Waals surface area contributed by atoms with Crippen LogP contribution in [0.1, 0.15) is 0 Å². The van der Waals surface area contributed by atoms with Gasteiger partial charge in [0.05, 0.1) is 75.4 Å². The number of methoxy groups -OCH3 is 4. The lowest BCUT2D eigenvalue weighted by Gasteiger charge is -2.15. The van der Waals surface area contributed by atoms with Gasteiger partial charge in [0.25, 0.3) is 11.8 Å². The third kappa shape index (κ3) is 11.2. The van der Waals surface area contributed by atoms with Crippen LogP contribution in [-0.2, 0) is 23.2 Å². The van der Waals surface area contributed by atoms with Crippen molar-refractivity contribution >= 4 is 108 Å². The molecule has 22 heteroatoms. The van der Waals surface area contributed by atoms with Crippen molar-refractivity contribution in [2.75, 3.05) is 62.9 Å². The smallest absolute Gasteiger partial charge is 0.319 e. The maximum Gasteiger partial charge on any atom is 0.319 e. The number of hydrogen-bond acceptors (Lipinski definition) is 15. The van der Waals surface area contributed by atoms with Crippen molar-refractivity contribution in [3.8, 4) is 23.0 Å². The highest BCUT2D eigenvalue weighted by Crippen LogP contribution is 2.38. The number of hydrogen-bond donors (Lipinski definition) is 4. The Hall–Kier alpha value is -6.25. The van der Waals surface area contributed by atoms with Gasteiger partial charge in [0.1, 0.15) is 47.3 Å². The second-order valence-electron chi connectivity index (χ2n) is 12.4. The zero-order chi connectivity index (χ0) is 44.3. The molecule has 0 unspecified atom stereocenters. The van der Waals surface area contributed by atoms with Crippen molar-refractivity contribution in [2.24, 2.45) is 0 Å². The van der Waals surface area contributed by atoms with Gasteiger partial charge in [0, 0.05) is 31.9 Å². The maximum absolute atomic E-state index is 14.9. The fraction of sp³-hybridized carbons (Fsp3) is 0.150. The molecule has 0 atom stereocenters. The highest BCUT2D eigenvalue weighted by atomic mass is 79.9. The van der Waals surface area contributed by atoms with E-state index in [0.717, 1.165) is 21.1 Å². The van der Waals surface area contributed by atoms with Crippen LogP contribution in [0, 0.1) is 0 Å². The van der Waals surface area contributed by atoms with Crippen LogP contribution in [0.5, 0.6) is 23.0 Å². The lowest BCUT2D eigenvalue weighted by molar-refractivity contribution is -0.114. The first-order valence-electron chi connectivity index (χ1n) is 17.9. The number of benzene rings is 4. The zero-order valence-corrected chi connectivity index (χ0v) is 37.1. The minimum atomic E-state index is -3.33. The summed E-state index contributed by atoms with van der Waals surface area (Å²) in [5.74, 6) is -2.75. The van der Waals surface area contributed by atoms with E-state index in [1.54, 1.807) is 36.4 Å². The molecule has 0 fully saturated rings. The van der Waals surface area contributed by atoms with E-state index in [-0.39, 0.29) is 22.9 Å². The highest BCUT2D eigenvalue weighted by molar-refractivity contribution is 9.10. The Balaban J connectivity index is 1.04. The van der Waals surface area contributed by atoms with Crippen LogP contribution in [-0.4, -0.2) is 73.4 Å². The number of halogens is 4. The summed E-state index contributed by atoms with van der Waals surface area (Å²) in [5, 5.41) is 12.2. The molecule has 0 radical (unpaired) electrons. The number of fused-ring (bicyclic) bond motifs is 2. The van der Waals surface area contributed by atoms with Gasteiger partial charge in [-0.2, -0.15) is 0 Å². The molecule has 6 rings (SSSR count). The molecule has 0 saturated carbocycles. The number of carbonyl (C=O) groups excluding carboxylic acids is 2. The molecule has 17 nitrogen and oxygen atoms in total. The summed E-state index contributed by atoms with van der Waals surface area (Å²) in [4.78, 5) is 42.8. The van der Waals surface area contributed by atoms with Gasteiger partial charge >= 0.3 is 8.25 Å². The minimum Gasteiger partial charge on any atom is -0.495 e. The van der Waals surface area contributed by atoms with Crippen LogP contribution >= 0.6 is 40.1 Å². The van der Waals surface area contributed by atoms with Gasteiger partial charge in [-0.3, -0.25) is 14.2 Å². The summed E-state index contributed by atoms with van der Waals surface area (Å²) in [5.41, 5.74) is 2.28. The predicted molar refractivity (Wildman–Crippen MR) is 237 cm³/mol. The molecular formula is C40H35Br2F2N8O9P. The van der Waals surface area contributed by atoms with Crippen LogP contribution in [0.3, 0.4) is 0 Å². The zero-order valence-electron chi connectivity index (χ0n) is 33.0. The average Bonchev–Trinajstić information content (AvgIpc) is 3.26. The van der Waals surface area contributed by atoms with Crippen molar-refractivity contribution in [2.45, 2.75) is 0 Å². The third-order valence-electron chi connectivity index (χ3n) is 8.60. The first-order chi connectivity index (χ1) is 29.9. The minimum absolute atomic E-state index is 0.0933. The van der Waals surface area contributed by atoms with Gasteiger partial charge in [-0.05, 0) is 60.7 Å². The van der Waals surface area contributed by atoms with Crippen LogP contribution < -0.4 is 40.2 Å².